The second kappa shape index (κ2) is 10.6. The standard InChI is InChI=1S/C24H22N2O5S/c1-4-11-31-19-10-9-17(13-20(19)30-5-2)14-21-23(28)26(24(29)32-21)15-22(27)25-18-8-6-7-16(3)12-18/h1,6-10,12-14H,5,11,15H2,2-3H3,(H,25,27)/b21-14-. The van der Waals surface area contributed by atoms with E-state index >= 15 is 0 Å². The van der Waals surface area contributed by atoms with Crippen molar-refractivity contribution in [3.8, 4) is 23.8 Å². The Hall–Kier alpha value is -3.70. The molecule has 0 aromatic heterocycles. The number of carbonyl (C=O) groups is 3. The second-order valence-electron chi connectivity index (χ2n) is 6.82. The van der Waals surface area contributed by atoms with Gasteiger partial charge < -0.3 is 14.8 Å². The highest BCUT2D eigenvalue weighted by Crippen LogP contribution is 2.34. The van der Waals surface area contributed by atoms with Crippen molar-refractivity contribution >= 4 is 40.6 Å². The lowest BCUT2D eigenvalue weighted by Gasteiger charge is -2.13. The van der Waals surface area contributed by atoms with E-state index in [1.54, 1.807) is 36.4 Å². The van der Waals surface area contributed by atoms with E-state index in [9.17, 15) is 14.4 Å². The first-order chi connectivity index (χ1) is 15.4. The topological polar surface area (TPSA) is 84.9 Å². The Morgan fingerprint density at radius 1 is 1.19 bits per heavy atom. The fraction of sp³-hybridized carbons (Fsp3) is 0.208. The van der Waals surface area contributed by atoms with Gasteiger partial charge in [0.1, 0.15) is 13.2 Å². The van der Waals surface area contributed by atoms with Crippen LogP contribution in [-0.2, 0) is 9.59 Å². The molecule has 0 atom stereocenters. The molecule has 1 N–H and O–H groups in total. The number of aryl methyl sites for hydroxylation is 1. The molecule has 3 amide bonds. The number of terminal acetylenes is 1. The van der Waals surface area contributed by atoms with Crippen molar-refractivity contribution < 1.29 is 23.9 Å². The van der Waals surface area contributed by atoms with E-state index < -0.39 is 17.1 Å². The molecule has 0 radical (unpaired) electrons. The predicted molar refractivity (Wildman–Crippen MR) is 124 cm³/mol. The second-order valence-corrected chi connectivity index (χ2v) is 7.81. The van der Waals surface area contributed by atoms with Crippen LogP contribution in [0.25, 0.3) is 6.08 Å². The molecule has 1 heterocycles. The van der Waals surface area contributed by atoms with Gasteiger partial charge in [0.15, 0.2) is 11.5 Å². The van der Waals surface area contributed by atoms with Crippen LogP contribution in [0.1, 0.15) is 18.1 Å². The van der Waals surface area contributed by atoms with E-state index in [4.69, 9.17) is 15.9 Å². The van der Waals surface area contributed by atoms with E-state index in [-0.39, 0.29) is 18.1 Å². The number of hydrogen-bond acceptors (Lipinski definition) is 6. The molecule has 0 unspecified atom stereocenters. The first-order valence-electron chi connectivity index (χ1n) is 9.86. The Kier molecular flexibility index (Phi) is 7.58. The van der Waals surface area contributed by atoms with Crippen molar-refractivity contribution in [1.29, 1.82) is 0 Å². The largest absolute Gasteiger partial charge is 0.490 e. The summed E-state index contributed by atoms with van der Waals surface area (Å²) in [7, 11) is 0. The van der Waals surface area contributed by atoms with Gasteiger partial charge in [0.2, 0.25) is 5.91 Å². The number of nitrogens with zero attached hydrogens (tertiary/aromatic N) is 1. The molecule has 0 aliphatic carbocycles. The van der Waals surface area contributed by atoms with Crippen molar-refractivity contribution in [3.05, 3.63) is 58.5 Å². The molecule has 2 aromatic rings. The summed E-state index contributed by atoms with van der Waals surface area (Å²) in [5.41, 5.74) is 2.24. The third-order valence-corrected chi connectivity index (χ3v) is 5.26. The zero-order valence-corrected chi connectivity index (χ0v) is 18.5. The summed E-state index contributed by atoms with van der Waals surface area (Å²) in [6, 6.07) is 12.4. The summed E-state index contributed by atoms with van der Waals surface area (Å²) in [5.74, 6) is 2.39. The highest BCUT2D eigenvalue weighted by molar-refractivity contribution is 8.18. The molecule has 0 spiro atoms. The van der Waals surface area contributed by atoms with Gasteiger partial charge in [-0.3, -0.25) is 19.3 Å². The summed E-state index contributed by atoms with van der Waals surface area (Å²) in [6.45, 7) is 3.90. The lowest BCUT2D eigenvalue weighted by molar-refractivity contribution is -0.127. The minimum atomic E-state index is -0.523. The highest BCUT2D eigenvalue weighted by atomic mass is 32.2. The van der Waals surface area contributed by atoms with Crippen LogP contribution in [0, 0.1) is 19.3 Å². The lowest BCUT2D eigenvalue weighted by atomic mass is 10.2. The van der Waals surface area contributed by atoms with Gasteiger partial charge in [-0.2, -0.15) is 0 Å². The third-order valence-electron chi connectivity index (χ3n) is 4.35. The molecule has 1 aliphatic rings. The summed E-state index contributed by atoms with van der Waals surface area (Å²) in [4.78, 5) is 38.6. The molecule has 3 rings (SSSR count). The van der Waals surface area contributed by atoms with Gasteiger partial charge in [-0.05, 0) is 67.1 Å². The molecule has 8 heteroatoms. The van der Waals surface area contributed by atoms with Crippen LogP contribution in [0.3, 0.4) is 0 Å². The van der Waals surface area contributed by atoms with E-state index in [1.165, 1.54) is 0 Å². The van der Waals surface area contributed by atoms with Crippen molar-refractivity contribution in [1.82, 2.24) is 4.90 Å². The number of rotatable bonds is 8. The van der Waals surface area contributed by atoms with Gasteiger partial charge >= 0.3 is 0 Å². The summed E-state index contributed by atoms with van der Waals surface area (Å²) in [6.07, 6.45) is 6.81. The minimum absolute atomic E-state index is 0.100. The SMILES string of the molecule is C#CCOc1ccc(/C=C2\SC(=O)N(CC(=O)Nc3cccc(C)c3)C2=O)cc1OCC. The number of amides is 3. The summed E-state index contributed by atoms with van der Waals surface area (Å²) < 4.78 is 11.0. The van der Waals surface area contributed by atoms with Crippen LogP contribution in [0.4, 0.5) is 10.5 Å². The molecule has 164 valence electrons. The van der Waals surface area contributed by atoms with E-state index in [0.29, 0.717) is 29.4 Å². The average molecular weight is 451 g/mol. The lowest BCUT2D eigenvalue weighted by Crippen LogP contribution is -2.36. The molecular weight excluding hydrogens is 428 g/mol. The number of hydrogen-bond donors (Lipinski definition) is 1. The molecule has 1 saturated heterocycles. The Balaban J connectivity index is 1.72. The zero-order chi connectivity index (χ0) is 23.1. The number of thioether (sulfide) groups is 1. The summed E-state index contributed by atoms with van der Waals surface area (Å²) >= 11 is 0.785. The van der Waals surface area contributed by atoms with Gasteiger partial charge in [0, 0.05) is 5.69 Å². The number of nitrogens with one attached hydrogen (secondary N) is 1. The van der Waals surface area contributed by atoms with Crippen LogP contribution >= 0.6 is 11.8 Å². The maximum Gasteiger partial charge on any atom is 0.294 e. The maximum atomic E-state index is 12.7. The first kappa shape index (κ1) is 23.0. The molecule has 7 nitrogen and oxygen atoms in total. The Morgan fingerprint density at radius 3 is 2.72 bits per heavy atom. The molecule has 0 saturated carbocycles. The van der Waals surface area contributed by atoms with Crippen LogP contribution < -0.4 is 14.8 Å². The average Bonchev–Trinajstić information content (AvgIpc) is 3.00. The highest BCUT2D eigenvalue weighted by Gasteiger charge is 2.36. The Bertz CT molecular complexity index is 1120. The van der Waals surface area contributed by atoms with Crippen LogP contribution in [-0.4, -0.2) is 41.7 Å². The van der Waals surface area contributed by atoms with Gasteiger partial charge in [-0.15, -0.1) is 6.42 Å². The number of ether oxygens (including phenoxy) is 2. The first-order valence-corrected chi connectivity index (χ1v) is 10.7. The van der Waals surface area contributed by atoms with Gasteiger partial charge in [0.25, 0.3) is 11.1 Å². The van der Waals surface area contributed by atoms with Crippen LogP contribution in [0.15, 0.2) is 47.4 Å². The monoisotopic (exact) mass is 450 g/mol. The molecule has 0 bridgehead atoms. The third kappa shape index (κ3) is 5.71. The molecular formula is C24H22N2O5S. The van der Waals surface area contributed by atoms with Crippen molar-refractivity contribution in [3.63, 3.8) is 0 Å². The van der Waals surface area contributed by atoms with Gasteiger partial charge in [0.05, 0.1) is 11.5 Å². The van der Waals surface area contributed by atoms with Crippen LogP contribution in [0.2, 0.25) is 0 Å². The fourth-order valence-corrected chi connectivity index (χ4v) is 3.81. The maximum absolute atomic E-state index is 12.7. The number of imide groups is 1. The smallest absolute Gasteiger partial charge is 0.294 e. The van der Waals surface area contributed by atoms with Crippen molar-refractivity contribution in [2.45, 2.75) is 13.8 Å². The van der Waals surface area contributed by atoms with Crippen LogP contribution in [0.5, 0.6) is 11.5 Å². The molecule has 2 aromatic carbocycles. The number of benzene rings is 2. The Labute approximate surface area is 190 Å². The van der Waals surface area contributed by atoms with E-state index in [0.717, 1.165) is 22.2 Å². The van der Waals surface area contributed by atoms with Crippen molar-refractivity contribution in [2.24, 2.45) is 0 Å². The van der Waals surface area contributed by atoms with E-state index in [1.807, 2.05) is 26.0 Å². The predicted octanol–water partition coefficient (Wildman–Crippen LogP) is 4.08. The number of anilines is 1. The quantitative estimate of drug-likeness (QED) is 0.482. The zero-order valence-electron chi connectivity index (χ0n) is 17.7. The Morgan fingerprint density at radius 2 is 2.00 bits per heavy atom. The normalized spacial score (nSPS) is 14.4. The summed E-state index contributed by atoms with van der Waals surface area (Å²) in [5, 5.41) is 2.20. The van der Waals surface area contributed by atoms with Gasteiger partial charge in [-0.25, -0.2) is 0 Å². The van der Waals surface area contributed by atoms with Gasteiger partial charge in [-0.1, -0.05) is 24.1 Å². The van der Waals surface area contributed by atoms with E-state index in [2.05, 4.69) is 11.2 Å². The number of carbonyl (C=O) groups excluding carboxylic acids is 3. The molecule has 32 heavy (non-hydrogen) atoms. The molecule has 1 aliphatic heterocycles. The van der Waals surface area contributed by atoms with Crippen molar-refractivity contribution in [2.75, 3.05) is 25.1 Å². The minimum Gasteiger partial charge on any atom is -0.490 e. The fourth-order valence-electron chi connectivity index (χ4n) is 2.98. The molecule has 1 fully saturated rings.